The van der Waals surface area contributed by atoms with E-state index in [9.17, 15) is 9.59 Å². The van der Waals surface area contributed by atoms with Gasteiger partial charge in [-0.2, -0.15) is 5.26 Å². The van der Waals surface area contributed by atoms with Crippen molar-refractivity contribution in [2.24, 2.45) is 0 Å². The van der Waals surface area contributed by atoms with Crippen LogP contribution in [0.2, 0.25) is 0 Å². The van der Waals surface area contributed by atoms with Crippen LogP contribution < -0.4 is 15.4 Å². The zero-order valence-corrected chi connectivity index (χ0v) is 13.2. The van der Waals surface area contributed by atoms with Gasteiger partial charge in [-0.15, -0.1) is 0 Å². The SMILES string of the molecule is COc1cccc(CCNC(=O)C(=O)Nc2ccc(C#N)cc2)c1. The second-order valence-electron chi connectivity index (χ2n) is 5.00. The Kier molecular flexibility index (Phi) is 5.92. The number of anilines is 1. The molecule has 0 fully saturated rings. The second kappa shape index (κ2) is 8.34. The maximum absolute atomic E-state index is 11.8. The van der Waals surface area contributed by atoms with Crippen LogP contribution in [0.3, 0.4) is 0 Å². The highest BCUT2D eigenvalue weighted by Gasteiger charge is 2.13. The van der Waals surface area contributed by atoms with Gasteiger partial charge in [0.25, 0.3) is 0 Å². The molecule has 0 saturated carbocycles. The van der Waals surface area contributed by atoms with E-state index in [0.29, 0.717) is 24.2 Å². The van der Waals surface area contributed by atoms with E-state index in [-0.39, 0.29) is 0 Å². The lowest BCUT2D eigenvalue weighted by Crippen LogP contribution is -2.36. The summed E-state index contributed by atoms with van der Waals surface area (Å²) in [7, 11) is 1.59. The van der Waals surface area contributed by atoms with Gasteiger partial charge in [0.05, 0.1) is 18.7 Å². The van der Waals surface area contributed by atoms with E-state index in [4.69, 9.17) is 10.00 Å². The number of methoxy groups -OCH3 is 1. The van der Waals surface area contributed by atoms with Crippen LogP contribution in [0.15, 0.2) is 48.5 Å². The summed E-state index contributed by atoms with van der Waals surface area (Å²) in [5.41, 5.74) is 1.94. The molecular weight excluding hydrogens is 306 g/mol. The number of carbonyl (C=O) groups excluding carboxylic acids is 2. The van der Waals surface area contributed by atoms with Crippen LogP contribution >= 0.6 is 0 Å². The molecule has 0 bridgehead atoms. The maximum Gasteiger partial charge on any atom is 0.313 e. The highest BCUT2D eigenvalue weighted by Crippen LogP contribution is 2.12. The molecule has 0 radical (unpaired) electrons. The molecule has 6 heteroatoms. The minimum Gasteiger partial charge on any atom is -0.497 e. The number of hydrogen-bond donors (Lipinski definition) is 2. The Morgan fingerprint density at radius 3 is 2.54 bits per heavy atom. The molecule has 0 saturated heterocycles. The van der Waals surface area contributed by atoms with E-state index in [1.54, 1.807) is 31.4 Å². The van der Waals surface area contributed by atoms with Gasteiger partial charge in [-0.3, -0.25) is 9.59 Å². The standard InChI is InChI=1S/C18H17N3O3/c1-24-16-4-2-3-13(11-16)9-10-20-17(22)18(23)21-15-7-5-14(12-19)6-8-15/h2-8,11H,9-10H2,1H3,(H,20,22)(H,21,23). The highest BCUT2D eigenvalue weighted by atomic mass is 16.5. The number of carbonyl (C=O) groups is 2. The smallest absolute Gasteiger partial charge is 0.313 e. The number of amides is 2. The summed E-state index contributed by atoms with van der Waals surface area (Å²) in [6, 6.07) is 15.8. The molecule has 0 atom stereocenters. The summed E-state index contributed by atoms with van der Waals surface area (Å²) >= 11 is 0. The van der Waals surface area contributed by atoms with Crippen molar-refractivity contribution in [3.05, 3.63) is 59.7 Å². The van der Waals surface area contributed by atoms with Gasteiger partial charge < -0.3 is 15.4 Å². The molecule has 24 heavy (non-hydrogen) atoms. The molecule has 2 rings (SSSR count). The zero-order valence-electron chi connectivity index (χ0n) is 13.2. The fourth-order valence-corrected chi connectivity index (χ4v) is 2.04. The normalized spacial score (nSPS) is 9.67. The van der Waals surface area contributed by atoms with Gasteiger partial charge in [-0.1, -0.05) is 12.1 Å². The minimum absolute atomic E-state index is 0.340. The van der Waals surface area contributed by atoms with Crippen molar-refractivity contribution in [3.8, 4) is 11.8 Å². The average molecular weight is 323 g/mol. The van der Waals surface area contributed by atoms with Crippen molar-refractivity contribution in [2.45, 2.75) is 6.42 Å². The Labute approximate surface area is 140 Å². The van der Waals surface area contributed by atoms with Gasteiger partial charge in [0.1, 0.15) is 5.75 Å². The maximum atomic E-state index is 11.8. The molecule has 2 aromatic carbocycles. The third-order valence-electron chi connectivity index (χ3n) is 3.31. The second-order valence-corrected chi connectivity index (χ2v) is 5.00. The fraction of sp³-hybridized carbons (Fsp3) is 0.167. The predicted octanol–water partition coefficient (Wildman–Crippen LogP) is 1.86. The predicted molar refractivity (Wildman–Crippen MR) is 89.5 cm³/mol. The lowest BCUT2D eigenvalue weighted by atomic mass is 10.1. The van der Waals surface area contributed by atoms with E-state index >= 15 is 0 Å². The molecule has 0 spiro atoms. The highest BCUT2D eigenvalue weighted by molar-refractivity contribution is 6.39. The van der Waals surface area contributed by atoms with Crippen molar-refractivity contribution in [3.63, 3.8) is 0 Å². The van der Waals surface area contributed by atoms with E-state index in [1.807, 2.05) is 30.3 Å². The van der Waals surface area contributed by atoms with Crippen molar-refractivity contribution < 1.29 is 14.3 Å². The molecule has 0 heterocycles. The van der Waals surface area contributed by atoms with E-state index < -0.39 is 11.8 Å². The third kappa shape index (κ3) is 4.85. The molecule has 0 aliphatic heterocycles. The lowest BCUT2D eigenvalue weighted by Gasteiger charge is -2.07. The fourth-order valence-electron chi connectivity index (χ4n) is 2.04. The van der Waals surface area contributed by atoms with Crippen molar-refractivity contribution in [1.29, 1.82) is 5.26 Å². The first kappa shape index (κ1) is 17.0. The van der Waals surface area contributed by atoms with E-state index in [1.165, 1.54) is 0 Å². The summed E-state index contributed by atoms with van der Waals surface area (Å²) in [6.07, 6.45) is 0.590. The van der Waals surface area contributed by atoms with Crippen molar-refractivity contribution in [2.75, 3.05) is 19.0 Å². The summed E-state index contributed by atoms with van der Waals surface area (Å²) in [5.74, 6) is -0.704. The van der Waals surface area contributed by atoms with Crippen molar-refractivity contribution in [1.82, 2.24) is 5.32 Å². The first-order valence-electron chi connectivity index (χ1n) is 7.34. The van der Waals surface area contributed by atoms with Gasteiger partial charge in [0.2, 0.25) is 0 Å². The molecule has 0 unspecified atom stereocenters. The largest absolute Gasteiger partial charge is 0.497 e. The van der Waals surface area contributed by atoms with Gasteiger partial charge in [0, 0.05) is 12.2 Å². The minimum atomic E-state index is -0.745. The van der Waals surface area contributed by atoms with Crippen LogP contribution in [0.4, 0.5) is 5.69 Å². The molecule has 122 valence electrons. The molecule has 2 aromatic rings. The molecule has 0 aliphatic carbocycles. The Hall–Kier alpha value is -3.33. The topological polar surface area (TPSA) is 91.2 Å². The van der Waals surface area contributed by atoms with Crippen molar-refractivity contribution >= 4 is 17.5 Å². The number of benzene rings is 2. The number of nitrogens with zero attached hydrogens (tertiary/aromatic N) is 1. The molecular formula is C18H17N3O3. The number of ether oxygens (including phenoxy) is 1. The molecule has 0 aliphatic rings. The quantitative estimate of drug-likeness (QED) is 0.822. The number of nitrogens with one attached hydrogen (secondary N) is 2. The first-order chi connectivity index (χ1) is 11.6. The Morgan fingerprint density at radius 2 is 1.88 bits per heavy atom. The molecule has 0 aromatic heterocycles. The van der Waals surface area contributed by atoms with Crippen LogP contribution in [0.25, 0.3) is 0 Å². The molecule has 6 nitrogen and oxygen atoms in total. The number of nitriles is 1. The van der Waals surface area contributed by atoms with E-state index in [0.717, 1.165) is 11.3 Å². The average Bonchev–Trinajstić information content (AvgIpc) is 2.62. The number of rotatable bonds is 5. The van der Waals surface area contributed by atoms with Gasteiger partial charge >= 0.3 is 11.8 Å². The Balaban J connectivity index is 1.80. The molecule has 2 amide bonds. The van der Waals surface area contributed by atoms with Crippen LogP contribution in [0.1, 0.15) is 11.1 Å². The summed E-state index contributed by atoms with van der Waals surface area (Å²) in [4.78, 5) is 23.6. The van der Waals surface area contributed by atoms with Gasteiger partial charge in [0.15, 0.2) is 0 Å². The molecule has 2 N–H and O–H groups in total. The van der Waals surface area contributed by atoms with Crippen LogP contribution in [-0.2, 0) is 16.0 Å². The summed E-state index contributed by atoms with van der Waals surface area (Å²) in [6.45, 7) is 0.340. The van der Waals surface area contributed by atoms with Crippen LogP contribution in [0.5, 0.6) is 5.75 Å². The van der Waals surface area contributed by atoms with Crippen LogP contribution in [-0.4, -0.2) is 25.5 Å². The van der Waals surface area contributed by atoms with E-state index in [2.05, 4.69) is 10.6 Å². The first-order valence-corrected chi connectivity index (χ1v) is 7.34. The van der Waals surface area contributed by atoms with Crippen LogP contribution in [0, 0.1) is 11.3 Å². The monoisotopic (exact) mass is 323 g/mol. The van der Waals surface area contributed by atoms with Gasteiger partial charge in [-0.05, 0) is 48.4 Å². The van der Waals surface area contributed by atoms with Gasteiger partial charge in [-0.25, -0.2) is 0 Å². The number of hydrogen-bond acceptors (Lipinski definition) is 4. The Bertz CT molecular complexity index is 764. The third-order valence-corrected chi connectivity index (χ3v) is 3.31. The zero-order chi connectivity index (χ0) is 17.4. The summed E-state index contributed by atoms with van der Waals surface area (Å²) < 4.78 is 5.13. The summed E-state index contributed by atoms with van der Waals surface area (Å²) in [5, 5.41) is 13.8. The lowest BCUT2D eigenvalue weighted by molar-refractivity contribution is -0.136. The Morgan fingerprint density at radius 1 is 1.12 bits per heavy atom.